The summed E-state index contributed by atoms with van der Waals surface area (Å²) in [5.41, 5.74) is 3.85. The number of aromatic amines is 1. The molecule has 0 bridgehead atoms. The van der Waals surface area contributed by atoms with Crippen LogP contribution in [-0.2, 0) is 11.2 Å². The molecular weight excluding hydrogens is 388 g/mol. The van der Waals surface area contributed by atoms with Gasteiger partial charge in [0.15, 0.2) is 5.16 Å². The van der Waals surface area contributed by atoms with E-state index in [0.717, 1.165) is 39.9 Å². The Morgan fingerprint density at radius 1 is 1.10 bits per heavy atom. The van der Waals surface area contributed by atoms with E-state index in [2.05, 4.69) is 20.5 Å². The molecule has 150 valence electrons. The molecular formula is C21H22N4O3S. The SMILES string of the molecule is COc1ccc(Cc2nnc(SCC(=O)Nc3cc(C)cc(C)c3)[nH]c2=O)cc1. The molecule has 0 aliphatic heterocycles. The van der Waals surface area contributed by atoms with E-state index in [-0.39, 0.29) is 17.2 Å². The molecule has 0 unspecified atom stereocenters. The van der Waals surface area contributed by atoms with Gasteiger partial charge in [-0.05, 0) is 54.8 Å². The Morgan fingerprint density at radius 3 is 2.41 bits per heavy atom. The highest BCUT2D eigenvalue weighted by Crippen LogP contribution is 2.16. The minimum absolute atomic E-state index is 0.120. The third kappa shape index (κ3) is 5.92. The Labute approximate surface area is 172 Å². The summed E-state index contributed by atoms with van der Waals surface area (Å²) in [5, 5.41) is 11.2. The van der Waals surface area contributed by atoms with Gasteiger partial charge in [0.1, 0.15) is 11.4 Å². The summed E-state index contributed by atoms with van der Waals surface area (Å²) in [6.45, 7) is 3.95. The molecule has 7 nitrogen and oxygen atoms in total. The smallest absolute Gasteiger partial charge is 0.273 e. The van der Waals surface area contributed by atoms with Crippen LogP contribution in [0.5, 0.6) is 5.75 Å². The minimum atomic E-state index is -0.312. The average molecular weight is 410 g/mol. The highest BCUT2D eigenvalue weighted by molar-refractivity contribution is 7.99. The predicted octanol–water partition coefficient (Wildman–Crippen LogP) is 3.11. The quantitative estimate of drug-likeness (QED) is 0.581. The van der Waals surface area contributed by atoms with Crippen molar-refractivity contribution in [1.29, 1.82) is 0 Å². The highest BCUT2D eigenvalue weighted by atomic mass is 32.2. The number of H-pyrrole nitrogens is 1. The lowest BCUT2D eigenvalue weighted by Crippen LogP contribution is -2.19. The number of aromatic nitrogens is 3. The molecule has 1 amide bonds. The number of thioether (sulfide) groups is 1. The van der Waals surface area contributed by atoms with E-state index in [4.69, 9.17) is 4.74 Å². The van der Waals surface area contributed by atoms with Gasteiger partial charge in [-0.3, -0.25) is 14.6 Å². The lowest BCUT2D eigenvalue weighted by Gasteiger charge is -2.07. The first kappa shape index (κ1) is 20.6. The molecule has 0 atom stereocenters. The zero-order chi connectivity index (χ0) is 20.8. The number of nitrogens with one attached hydrogen (secondary N) is 2. The van der Waals surface area contributed by atoms with Gasteiger partial charge in [-0.25, -0.2) is 0 Å². The monoisotopic (exact) mass is 410 g/mol. The van der Waals surface area contributed by atoms with Crippen LogP contribution in [0.15, 0.2) is 52.4 Å². The van der Waals surface area contributed by atoms with Crippen LogP contribution >= 0.6 is 11.8 Å². The zero-order valence-electron chi connectivity index (χ0n) is 16.5. The Balaban J connectivity index is 1.58. The standard InChI is InChI=1S/C21H22N4O3S/c1-13-8-14(2)10-16(9-13)22-19(26)12-29-21-23-20(27)18(24-25-21)11-15-4-6-17(28-3)7-5-15/h4-10H,11-12H2,1-3H3,(H,22,26)(H,23,25,27). The molecule has 2 aromatic carbocycles. The number of amides is 1. The van der Waals surface area contributed by atoms with Crippen LogP contribution < -0.4 is 15.6 Å². The van der Waals surface area contributed by atoms with Gasteiger partial charge in [-0.2, -0.15) is 0 Å². The maximum Gasteiger partial charge on any atom is 0.273 e. The normalized spacial score (nSPS) is 10.6. The Morgan fingerprint density at radius 2 is 1.79 bits per heavy atom. The Hall–Kier alpha value is -3.13. The van der Waals surface area contributed by atoms with Gasteiger partial charge in [-0.15, -0.1) is 10.2 Å². The first-order chi connectivity index (χ1) is 13.9. The molecule has 0 saturated heterocycles. The van der Waals surface area contributed by atoms with E-state index in [1.807, 2.05) is 56.3 Å². The van der Waals surface area contributed by atoms with Gasteiger partial charge < -0.3 is 10.1 Å². The first-order valence-electron chi connectivity index (χ1n) is 9.02. The fourth-order valence-electron chi connectivity index (χ4n) is 2.84. The molecule has 0 saturated carbocycles. The van der Waals surface area contributed by atoms with Crippen molar-refractivity contribution in [2.45, 2.75) is 25.4 Å². The predicted molar refractivity (Wildman–Crippen MR) is 114 cm³/mol. The number of methoxy groups -OCH3 is 1. The van der Waals surface area contributed by atoms with Crippen molar-refractivity contribution in [3.8, 4) is 5.75 Å². The van der Waals surface area contributed by atoms with Crippen molar-refractivity contribution in [1.82, 2.24) is 15.2 Å². The number of hydrogen-bond acceptors (Lipinski definition) is 6. The molecule has 8 heteroatoms. The van der Waals surface area contributed by atoms with E-state index in [9.17, 15) is 9.59 Å². The van der Waals surface area contributed by atoms with Crippen molar-refractivity contribution >= 4 is 23.4 Å². The molecule has 0 radical (unpaired) electrons. The average Bonchev–Trinajstić information content (AvgIpc) is 2.68. The Kier molecular flexibility index (Phi) is 6.66. The van der Waals surface area contributed by atoms with Crippen LogP contribution in [-0.4, -0.2) is 34.0 Å². The molecule has 0 fully saturated rings. The Bertz CT molecular complexity index is 1040. The maximum atomic E-state index is 12.3. The van der Waals surface area contributed by atoms with Crippen molar-refractivity contribution in [2.24, 2.45) is 0 Å². The number of nitrogens with zero attached hydrogens (tertiary/aromatic N) is 2. The molecule has 3 rings (SSSR count). The van der Waals surface area contributed by atoms with Gasteiger partial charge in [0.05, 0.1) is 12.9 Å². The minimum Gasteiger partial charge on any atom is -0.497 e. The second-order valence-corrected chi connectivity index (χ2v) is 7.61. The second kappa shape index (κ2) is 9.38. The van der Waals surface area contributed by atoms with Crippen molar-refractivity contribution in [3.63, 3.8) is 0 Å². The molecule has 1 heterocycles. The van der Waals surface area contributed by atoms with E-state index in [1.165, 1.54) is 0 Å². The van der Waals surface area contributed by atoms with Crippen LogP contribution in [0, 0.1) is 13.8 Å². The molecule has 3 aromatic rings. The fraction of sp³-hybridized carbons (Fsp3) is 0.238. The summed E-state index contributed by atoms with van der Waals surface area (Å²) in [5.74, 6) is 0.694. The van der Waals surface area contributed by atoms with E-state index in [1.54, 1.807) is 7.11 Å². The number of carbonyl (C=O) groups excluding carboxylic acids is 1. The van der Waals surface area contributed by atoms with Crippen molar-refractivity contribution in [3.05, 3.63) is 75.2 Å². The number of ether oxygens (including phenoxy) is 1. The lowest BCUT2D eigenvalue weighted by atomic mass is 10.1. The van der Waals surface area contributed by atoms with Gasteiger partial charge in [0.2, 0.25) is 5.91 Å². The summed E-state index contributed by atoms with van der Waals surface area (Å²) in [6, 6.07) is 13.3. The third-order valence-electron chi connectivity index (χ3n) is 4.12. The molecule has 2 N–H and O–H groups in total. The topological polar surface area (TPSA) is 97.0 Å². The summed E-state index contributed by atoms with van der Waals surface area (Å²) in [6.07, 6.45) is 0.366. The van der Waals surface area contributed by atoms with Crippen molar-refractivity contribution in [2.75, 3.05) is 18.2 Å². The molecule has 1 aromatic heterocycles. The number of benzene rings is 2. The lowest BCUT2D eigenvalue weighted by molar-refractivity contribution is -0.113. The fourth-order valence-corrected chi connectivity index (χ4v) is 3.44. The molecule has 0 spiro atoms. The second-order valence-electron chi connectivity index (χ2n) is 6.64. The van der Waals surface area contributed by atoms with Crippen LogP contribution in [0.3, 0.4) is 0 Å². The van der Waals surface area contributed by atoms with Gasteiger partial charge >= 0.3 is 0 Å². The first-order valence-corrected chi connectivity index (χ1v) is 10.0. The summed E-state index contributed by atoms with van der Waals surface area (Å²) >= 11 is 1.13. The zero-order valence-corrected chi connectivity index (χ0v) is 17.3. The summed E-state index contributed by atoms with van der Waals surface area (Å²) < 4.78 is 5.12. The molecule has 0 aliphatic rings. The van der Waals surface area contributed by atoms with Crippen LogP contribution in [0.2, 0.25) is 0 Å². The summed E-state index contributed by atoms with van der Waals surface area (Å²) in [4.78, 5) is 27.1. The van der Waals surface area contributed by atoms with Gasteiger partial charge in [0, 0.05) is 12.1 Å². The summed E-state index contributed by atoms with van der Waals surface area (Å²) in [7, 11) is 1.60. The largest absolute Gasteiger partial charge is 0.497 e. The number of anilines is 1. The highest BCUT2D eigenvalue weighted by Gasteiger charge is 2.10. The van der Waals surface area contributed by atoms with Crippen molar-refractivity contribution < 1.29 is 9.53 Å². The van der Waals surface area contributed by atoms with Crippen LogP contribution in [0.25, 0.3) is 0 Å². The third-order valence-corrected chi connectivity index (χ3v) is 4.98. The van der Waals surface area contributed by atoms with E-state index >= 15 is 0 Å². The van der Waals surface area contributed by atoms with E-state index in [0.29, 0.717) is 17.3 Å². The van der Waals surface area contributed by atoms with Gasteiger partial charge in [0.25, 0.3) is 5.56 Å². The number of aryl methyl sites for hydroxylation is 2. The molecule has 29 heavy (non-hydrogen) atoms. The number of rotatable bonds is 7. The maximum absolute atomic E-state index is 12.3. The number of carbonyl (C=O) groups is 1. The number of hydrogen-bond donors (Lipinski definition) is 2. The van der Waals surface area contributed by atoms with Gasteiger partial charge in [-0.1, -0.05) is 30.0 Å². The van der Waals surface area contributed by atoms with Crippen LogP contribution in [0.1, 0.15) is 22.4 Å². The van der Waals surface area contributed by atoms with E-state index < -0.39 is 0 Å². The van der Waals surface area contributed by atoms with Crippen LogP contribution in [0.4, 0.5) is 5.69 Å². The molecule has 0 aliphatic carbocycles.